The Bertz CT molecular complexity index is 867. The zero-order valence-corrected chi connectivity index (χ0v) is 12.8. The van der Waals surface area contributed by atoms with Crippen molar-refractivity contribution in [3.05, 3.63) is 59.6 Å². The maximum absolute atomic E-state index is 5.25. The molecule has 23 heavy (non-hydrogen) atoms. The van der Waals surface area contributed by atoms with Gasteiger partial charge in [0.05, 0.1) is 17.8 Å². The van der Waals surface area contributed by atoms with Crippen LogP contribution in [0.3, 0.4) is 0 Å². The van der Waals surface area contributed by atoms with Gasteiger partial charge in [0.2, 0.25) is 0 Å². The number of benzene rings is 1. The standard InChI is InChI=1S/C15H12N6OS/c1-3-13(21-10-16-9-18-21)4-2-12(1)17-7-14-19-15(22-20-14)11-5-6-23-8-11/h1-6,8-10,17H,7H2. The molecule has 0 spiro atoms. The minimum Gasteiger partial charge on any atom is -0.378 e. The largest absolute Gasteiger partial charge is 0.378 e. The third-order valence-electron chi connectivity index (χ3n) is 3.24. The van der Waals surface area contributed by atoms with E-state index in [-0.39, 0.29) is 0 Å². The van der Waals surface area contributed by atoms with Gasteiger partial charge in [-0.25, -0.2) is 9.67 Å². The van der Waals surface area contributed by atoms with E-state index in [4.69, 9.17) is 4.52 Å². The smallest absolute Gasteiger partial charge is 0.258 e. The molecule has 0 aliphatic heterocycles. The number of anilines is 1. The van der Waals surface area contributed by atoms with Gasteiger partial charge in [-0.15, -0.1) is 0 Å². The second-order valence-corrected chi connectivity index (χ2v) is 5.55. The highest BCUT2D eigenvalue weighted by molar-refractivity contribution is 7.08. The Balaban J connectivity index is 1.41. The van der Waals surface area contributed by atoms with Gasteiger partial charge in [-0.05, 0) is 35.7 Å². The lowest BCUT2D eigenvalue weighted by molar-refractivity contribution is 0.423. The van der Waals surface area contributed by atoms with E-state index < -0.39 is 0 Å². The molecule has 0 saturated carbocycles. The third-order valence-corrected chi connectivity index (χ3v) is 3.92. The van der Waals surface area contributed by atoms with Crippen molar-refractivity contribution >= 4 is 17.0 Å². The first kappa shape index (κ1) is 13.6. The summed E-state index contributed by atoms with van der Waals surface area (Å²) in [6, 6.07) is 9.82. The first-order chi connectivity index (χ1) is 11.4. The molecule has 4 aromatic rings. The van der Waals surface area contributed by atoms with Crippen molar-refractivity contribution < 1.29 is 4.52 Å². The van der Waals surface area contributed by atoms with E-state index in [1.807, 2.05) is 41.1 Å². The number of rotatable bonds is 5. The van der Waals surface area contributed by atoms with Gasteiger partial charge < -0.3 is 9.84 Å². The van der Waals surface area contributed by atoms with Gasteiger partial charge in [0, 0.05) is 11.1 Å². The van der Waals surface area contributed by atoms with E-state index in [1.165, 1.54) is 6.33 Å². The summed E-state index contributed by atoms with van der Waals surface area (Å²) in [4.78, 5) is 8.30. The summed E-state index contributed by atoms with van der Waals surface area (Å²) in [6.45, 7) is 0.496. The topological polar surface area (TPSA) is 81.7 Å². The summed E-state index contributed by atoms with van der Waals surface area (Å²) in [5.74, 6) is 1.16. The molecule has 3 heterocycles. The van der Waals surface area contributed by atoms with Crippen molar-refractivity contribution in [3.8, 4) is 17.1 Å². The summed E-state index contributed by atoms with van der Waals surface area (Å²) in [5, 5.41) is 15.3. The van der Waals surface area contributed by atoms with Gasteiger partial charge >= 0.3 is 0 Å². The first-order valence-electron chi connectivity index (χ1n) is 6.92. The maximum atomic E-state index is 5.25. The van der Waals surface area contributed by atoms with Crippen molar-refractivity contribution in [2.45, 2.75) is 6.54 Å². The molecule has 0 fully saturated rings. The highest BCUT2D eigenvalue weighted by Gasteiger charge is 2.08. The lowest BCUT2D eigenvalue weighted by atomic mass is 10.3. The lowest BCUT2D eigenvalue weighted by Gasteiger charge is -2.05. The van der Waals surface area contributed by atoms with E-state index >= 15 is 0 Å². The van der Waals surface area contributed by atoms with Crippen molar-refractivity contribution in [1.29, 1.82) is 0 Å². The number of aromatic nitrogens is 5. The van der Waals surface area contributed by atoms with Crippen LogP contribution < -0.4 is 5.32 Å². The molecule has 4 rings (SSSR count). The average Bonchev–Trinajstić information content (AvgIpc) is 3.35. The lowest BCUT2D eigenvalue weighted by Crippen LogP contribution is -2.01. The SMILES string of the molecule is c1ncn(-c2ccc(NCc3noc(-c4ccsc4)n3)cc2)n1. The quantitative estimate of drug-likeness (QED) is 0.608. The van der Waals surface area contributed by atoms with Crippen molar-refractivity contribution in [3.63, 3.8) is 0 Å². The molecule has 0 saturated heterocycles. The fourth-order valence-corrected chi connectivity index (χ4v) is 2.71. The molecule has 114 valence electrons. The molecule has 0 aliphatic carbocycles. The summed E-state index contributed by atoms with van der Waals surface area (Å²) in [5.41, 5.74) is 2.87. The van der Waals surface area contributed by atoms with Gasteiger partial charge in [0.1, 0.15) is 12.7 Å². The maximum Gasteiger partial charge on any atom is 0.258 e. The normalized spacial score (nSPS) is 10.8. The zero-order chi connectivity index (χ0) is 15.5. The third kappa shape index (κ3) is 2.97. The second kappa shape index (κ2) is 6.01. The van der Waals surface area contributed by atoms with Gasteiger partial charge in [0.25, 0.3) is 5.89 Å². The fourth-order valence-electron chi connectivity index (χ4n) is 2.08. The van der Waals surface area contributed by atoms with E-state index in [9.17, 15) is 0 Å². The van der Waals surface area contributed by atoms with E-state index in [1.54, 1.807) is 22.3 Å². The average molecular weight is 324 g/mol. The zero-order valence-electron chi connectivity index (χ0n) is 12.0. The molecule has 3 aromatic heterocycles. The molecule has 1 N–H and O–H groups in total. The summed E-state index contributed by atoms with van der Waals surface area (Å²) >= 11 is 1.60. The van der Waals surface area contributed by atoms with Crippen LogP contribution in [-0.2, 0) is 6.54 Å². The molecule has 0 aliphatic rings. The van der Waals surface area contributed by atoms with Gasteiger partial charge in [-0.2, -0.15) is 21.4 Å². The van der Waals surface area contributed by atoms with Crippen molar-refractivity contribution in [2.75, 3.05) is 5.32 Å². The Labute approximate surface area is 135 Å². The van der Waals surface area contributed by atoms with Gasteiger partial charge in [-0.3, -0.25) is 0 Å². The summed E-state index contributed by atoms with van der Waals surface area (Å²) in [7, 11) is 0. The highest BCUT2D eigenvalue weighted by atomic mass is 32.1. The van der Waals surface area contributed by atoms with Crippen LogP contribution in [0.2, 0.25) is 0 Å². The van der Waals surface area contributed by atoms with Gasteiger partial charge in [0.15, 0.2) is 5.82 Å². The summed E-state index contributed by atoms with van der Waals surface area (Å²) in [6.07, 6.45) is 3.17. The predicted octanol–water partition coefficient (Wildman–Crippen LogP) is 2.99. The highest BCUT2D eigenvalue weighted by Crippen LogP contribution is 2.20. The number of nitrogens with one attached hydrogen (secondary N) is 1. The Morgan fingerprint density at radius 3 is 2.83 bits per heavy atom. The minimum atomic E-state index is 0.496. The number of hydrogen-bond donors (Lipinski definition) is 1. The number of thiophene rings is 1. The molecule has 0 bridgehead atoms. The Morgan fingerprint density at radius 2 is 2.09 bits per heavy atom. The predicted molar refractivity (Wildman–Crippen MR) is 86.3 cm³/mol. The Morgan fingerprint density at radius 1 is 1.17 bits per heavy atom. The molecule has 1 aromatic carbocycles. The molecule has 8 heteroatoms. The monoisotopic (exact) mass is 324 g/mol. The van der Waals surface area contributed by atoms with Crippen LogP contribution >= 0.6 is 11.3 Å². The molecule has 0 amide bonds. The minimum absolute atomic E-state index is 0.496. The van der Waals surface area contributed by atoms with Crippen LogP contribution in [0, 0.1) is 0 Å². The van der Waals surface area contributed by atoms with E-state index in [0.717, 1.165) is 16.9 Å². The molecule has 0 radical (unpaired) electrons. The van der Waals surface area contributed by atoms with Gasteiger partial charge in [-0.1, -0.05) is 5.16 Å². The number of hydrogen-bond acceptors (Lipinski definition) is 7. The first-order valence-corrected chi connectivity index (χ1v) is 7.87. The van der Waals surface area contributed by atoms with E-state index in [0.29, 0.717) is 18.3 Å². The molecule has 0 atom stereocenters. The Kier molecular flexibility index (Phi) is 3.57. The molecule has 0 unspecified atom stereocenters. The summed E-state index contributed by atoms with van der Waals surface area (Å²) < 4.78 is 6.96. The Hall–Kier alpha value is -3.00. The molecule has 7 nitrogen and oxygen atoms in total. The van der Waals surface area contributed by atoms with Crippen LogP contribution in [0.25, 0.3) is 17.1 Å². The second-order valence-electron chi connectivity index (χ2n) is 4.77. The van der Waals surface area contributed by atoms with Crippen molar-refractivity contribution in [1.82, 2.24) is 24.9 Å². The van der Waals surface area contributed by atoms with E-state index in [2.05, 4.69) is 25.5 Å². The van der Waals surface area contributed by atoms with Crippen LogP contribution in [0.15, 0.2) is 58.3 Å². The van der Waals surface area contributed by atoms with Crippen LogP contribution in [0.5, 0.6) is 0 Å². The molecular weight excluding hydrogens is 312 g/mol. The molecular formula is C15H12N6OS. The van der Waals surface area contributed by atoms with Crippen molar-refractivity contribution in [2.24, 2.45) is 0 Å². The van der Waals surface area contributed by atoms with Crippen LogP contribution in [0.4, 0.5) is 5.69 Å². The fraction of sp³-hybridized carbons (Fsp3) is 0.0667. The number of nitrogens with zero attached hydrogens (tertiary/aromatic N) is 5. The van der Waals surface area contributed by atoms with Crippen LogP contribution in [-0.4, -0.2) is 24.9 Å². The van der Waals surface area contributed by atoms with Crippen LogP contribution in [0.1, 0.15) is 5.82 Å².